The molecule has 6 nitrogen and oxygen atoms in total. The minimum atomic E-state index is 0.0582. The van der Waals surface area contributed by atoms with Crippen LogP contribution in [0.4, 0.5) is 5.82 Å². The normalized spacial score (nSPS) is 28.1. The van der Waals surface area contributed by atoms with Crippen LogP contribution in [0.25, 0.3) is 0 Å². The summed E-state index contributed by atoms with van der Waals surface area (Å²) in [7, 11) is 0. The van der Waals surface area contributed by atoms with Crippen LogP contribution in [0.1, 0.15) is 25.3 Å². The zero-order valence-corrected chi connectivity index (χ0v) is 10.3. The molecule has 1 aliphatic heterocycles. The number of nitrogens with one attached hydrogen (secondary N) is 2. The molecule has 1 aromatic rings. The Morgan fingerprint density at radius 3 is 2.94 bits per heavy atom. The van der Waals surface area contributed by atoms with Gasteiger partial charge in [-0.3, -0.25) is 4.79 Å². The molecule has 2 atom stereocenters. The van der Waals surface area contributed by atoms with E-state index < -0.39 is 0 Å². The van der Waals surface area contributed by atoms with Crippen molar-refractivity contribution in [3.63, 3.8) is 0 Å². The molecule has 1 aliphatic carbocycles. The summed E-state index contributed by atoms with van der Waals surface area (Å²) in [5, 5.41) is 10.5. The molecular formula is C12H19N5O. The lowest BCUT2D eigenvalue weighted by atomic mass is 10.1. The van der Waals surface area contributed by atoms with E-state index in [4.69, 9.17) is 5.73 Å². The number of carbonyl (C=O) groups is 1. The van der Waals surface area contributed by atoms with Crippen LogP contribution in [0.2, 0.25) is 0 Å². The number of nitrogens with zero attached hydrogens (tertiary/aromatic N) is 2. The Labute approximate surface area is 106 Å². The second-order valence-electron chi connectivity index (χ2n) is 5.23. The first-order valence-corrected chi connectivity index (χ1v) is 6.54. The van der Waals surface area contributed by atoms with Gasteiger partial charge in [0.05, 0.1) is 12.2 Å². The van der Waals surface area contributed by atoms with Gasteiger partial charge in [0.2, 0.25) is 5.91 Å². The van der Waals surface area contributed by atoms with E-state index in [-0.39, 0.29) is 17.9 Å². The van der Waals surface area contributed by atoms with E-state index in [1.54, 1.807) is 6.20 Å². The molecule has 2 aliphatic rings. The van der Waals surface area contributed by atoms with Crippen LogP contribution in [0, 0.1) is 5.92 Å². The highest BCUT2D eigenvalue weighted by Gasteiger charge is 2.29. The van der Waals surface area contributed by atoms with Gasteiger partial charge in [0.25, 0.3) is 0 Å². The highest BCUT2D eigenvalue weighted by Crippen LogP contribution is 2.26. The summed E-state index contributed by atoms with van der Waals surface area (Å²) in [6.07, 6.45) is 4.37. The van der Waals surface area contributed by atoms with Crippen LogP contribution in [0.5, 0.6) is 0 Å². The first-order chi connectivity index (χ1) is 8.74. The van der Waals surface area contributed by atoms with Gasteiger partial charge in [0, 0.05) is 31.1 Å². The van der Waals surface area contributed by atoms with E-state index in [2.05, 4.69) is 15.7 Å². The molecule has 0 spiro atoms. The fourth-order valence-electron chi connectivity index (χ4n) is 2.63. The Bertz CT molecular complexity index is 439. The van der Waals surface area contributed by atoms with Gasteiger partial charge in [0.1, 0.15) is 5.82 Å². The molecule has 2 fully saturated rings. The first kappa shape index (κ1) is 11.7. The summed E-state index contributed by atoms with van der Waals surface area (Å²) in [6, 6.07) is 2.40. The summed E-state index contributed by atoms with van der Waals surface area (Å²) in [5.41, 5.74) is 5.84. The summed E-state index contributed by atoms with van der Waals surface area (Å²) >= 11 is 0. The summed E-state index contributed by atoms with van der Waals surface area (Å²) in [4.78, 5) is 12.1. The largest absolute Gasteiger partial charge is 0.328 e. The molecule has 2 heterocycles. The van der Waals surface area contributed by atoms with Crippen LogP contribution >= 0.6 is 0 Å². The smallest absolute Gasteiger partial charge is 0.228 e. The molecule has 6 heteroatoms. The predicted octanol–water partition coefficient (Wildman–Crippen LogP) is 0.0933. The van der Waals surface area contributed by atoms with Crippen LogP contribution in [-0.4, -0.2) is 34.8 Å². The third-order valence-electron chi connectivity index (χ3n) is 3.87. The molecule has 1 amide bonds. The van der Waals surface area contributed by atoms with Gasteiger partial charge < -0.3 is 16.4 Å². The summed E-state index contributed by atoms with van der Waals surface area (Å²) in [6.45, 7) is 1.83. The van der Waals surface area contributed by atoms with Crippen LogP contribution < -0.4 is 16.4 Å². The standard InChI is InChI=1S/C12H19N5O/c13-9-2-1-8(5-9)12(18)16-11-3-4-15-17(11)10-6-14-7-10/h3-4,8-10,14H,1-2,5-7,13H2,(H,16,18). The van der Waals surface area contributed by atoms with Crippen molar-refractivity contribution in [2.75, 3.05) is 18.4 Å². The molecule has 0 aromatic carbocycles. The number of carbonyl (C=O) groups excluding carboxylic acids is 1. The third kappa shape index (κ3) is 2.13. The van der Waals surface area contributed by atoms with Crippen molar-refractivity contribution in [2.24, 2.45) is 11.7 Å². The minimum absolute atomic E-state index is 0.0582. The first-order valence-electron chi connectivity index (χ1n) is 6.54. The highest BCUT2D eigenvalue weighted by atomic mass is 16.2. The van der Waals surface area contributed by atoms with Gasteiger partial charge in [-0.1, -0.05) is 0 Å². The second-order valence-corrected chi connectivity index (χ2v) is 5.23. The quantitative estimate of drug-likeness (QED) is 0.709. The number of nitrogens with two attached hydrogens (primary N) is 1. The third-order valence-corrected chi connectivity index (χ3v) is 3.87. The number of hydrogen-bond donors (Lipinski definition) is 3. The Kier molecular flexibility index (Phi) is 3.05. The molecule has 1 aromatic heterocycles. The van der Waals surface area contributed by atoms with Crippen molar-refractivity contribution in [3.8, 4) is 0 Å². The molecule has 1 saturated carbocycles. The molecule has 98 valence electrons. The van der Waals surface area contributed by atoms with E-state index >= 15 is 0 Å². The van der Waals surface area contributed by atoms with E-state index in [0.29, 0.717) is 6.04 Å². The zero-order chi connectivity index (χ0) is 12.5. The number of aromatic nitrogens is 2. The molecule has 0 radical (unpaired) electrons. The number of hydrogen-bond acceptors (Lipinski definition) is 4. The van der Waals surface area contributed by atoms with Crippen molar-refractivity contribution < 1.29 is 4.79 Å². The Hall–Kier alpha value is -1.40. The van der Waals surface area contributed by atoms with Gasteiger partial charge in [-0.05, 0) is 19.3 Å². The van der Waals surface area contributed by atoms with Crippen molar-refractivity contribution >= 4 is 11.7 Å². The van der Waals surface area contributed by atoms with Crippen LogP contribution in [-0.2, 0) is 4.79 Å². The topological polar surface area (TPSA) is 85.0 Å². The maximum absolute atomic E-state index is 12.1. The van der Waals surface area contributed by atoms with Crippen LogP contribution in [0.15, 0.2) is 12.3 Å². The molecule has 4 N–H and O–H groups in total. The van der Waals surface area contributed by atoms with Gasteiger partial charge in [-0.25, -0.2) is 4.68 Å². The Morgan fingerprint density at radius 1 is 1.50 bits per heavy atom. The van der Waals surface area contributed by atoms with Gasteiger partial charge >= 0.3 is 0 Å². The lowest BCUT2D eigenvalue weighted by molar-refractivity contribution is -0.119. The van der Waals surface area contributed by atoms with Crippen molar-refractivity contribution in [1.82, 2.24) is 15.1 Å². The van der Waals surface area contributed by atoms with Crippen molar-refractivity contribution in [3.05, 3.63) is 12.3 Å². The van der Waals surface area contributed by atoms with Gasteiger partial charge in [0.15, 0.2) is 0 Å². The lowest BCUT2D eigenvalue weighted by Gasteiger charge is -2.29. The molecule has 3 rings (SSSR count). The van der Waals surface area contributed by atoms with E-state index in [1.807, 2.05) is 10.7 Å². The average Bonchev–Trinajstić information content (AvgIpc) is 2.86. The lowest BCUT2D eigenvalue weighted by Crippen LogP contribution is -2.44. The van der Waals surface area contributed by atoms with E-state index in [9.17, 15) is 4.79 Å². The van der Waals surface area contributed by atoms with Gasteiger partial charge in [-0.15, -0.1) is 0 Å². The van der Waals surface area contributed by atoms with Gasteiger partial charge in [-0.2, -0.15) is 5.10 Å². The summed E-state index contributed by atoms with van der Waals surface area (Å²) < 4.78 is 1.89. The molecular weight excluding hydrogens is 230 g/mol. The molecule has 1 saturated heterocycles. The van der Waals surface area contributed by atoms with E-state index in [1.165, 1.54) is 0 Å². The maximum Gasteiger partial charge on any atom is 0.228 e. The molecule has 2 unspecified atom stereocenters. The van der Waals surface area contributed by atoms with Crippen molar-refractivity contribution in [1.29, 1.82) is 0 Å². The molecule has 0 bridgehead atoms. The fourth-order valence-corrected chi connectivity index (χ4v) is 2.63. The second kappa shape index (κ2) is 4.70. The zero-order valence-electron chi connectivity index (χ0n) is 10.3. The molecule has 18 heavy (non-hydrogen) atoms. The van der Waals surface area contributed by atoms with Crippen LogP contribution in [0.3, 0.4) is 0 Å². The van der Waals surface area contributed by atoms with E-state index in [0.717, 1.165) is 38.2 Å². The number of anilines is 1. The van der Waals surface area contributed by atoms with Crippen molar-refractivity contribution in [2.45, 2.75) is 31.3 Å². The monoisotopic (exact) mass is 249 g/mol. The fraction of sp³-hybridized carbons (Fsp3) is 0.667. The Morgan fingerprint density at radius 2 is 2.33 bits per heavy atom. The Balaban J connectivity index is 1.65. The highest BCUT2D eigenvalue weighted by molar-refractivity contribution is 5.92. The average molecular weight is 249 g/mol. The minimum Gasteiger partial charge on any atom is -0.328 e. The maximum atomic E-state index is 12.1. The SMILES string of the molecule is NC1CCC(C(=O)Nc2ccnn2C2CNC2)C1. The number of rotatable bonds is 3. The number of amides is 1. The predicted molar refractivity (Wildman–Crippen MR) is 68.1 cm³/mol. The summed E-state index contributed by atoms with van der Waals surface area (Å²) in [5.74, 6) is 0.937.